The highest BCUT2D eigenvalue weighted by Crippen LogP contribution is 2.24. The molecule has 0 aliphatic carbocycles. The summed E-state index contributed by atoms with van der Waals surface area (Å²) in [6.45, 7) is 8.36. The zero-order chi connectivity index (χ0) is 20.8. The van der Waals surface area contributed by atoms with Crippen LogP contribution < -0.4 is 15.1 Å². The molecule has 2 aromatic rings. The molecular weight excluding hydrogens is 362 g/mol. The number of rotatable bonds is 7. The molecule has 3 rings (SSSR count). The monoisotopic (exact) mass is 393 g/mol. The molecule has 0 saturated carbocycles. The average molecular weight is 394 g/mol. The second-order valence-corrected chi connectivity index (χ2v) is 7.96. The summed E-state index contributed by atoms with van der Waals surface area (Å²) in [4.78, 5) is 28.5. The molecule has 1 aliphatic heterocycles. The summed E-state index contributed by atoms with van der Waals surface area (Å²) in [5.74, 6) is 0.302. The van der Waals surface area contributed by atoms with Gasteiger partial charge in [-0.2, -0.15) is 0 Å². The Kier molecular flexibility index (Phi) is 6.91. The van der Waals surface area contributed by atoms with Crippen molar-refractivity contribution in [2.75, 3.05) is 34.8 Å². The number of hydrogen-bond acceptors (Lipinski definition) is 3. The van der Waals surface area contributed by atoms with Crippen molar-refractivity contribution >= 4 is 28.9 Å². The maximum atomic E-state index is 12.4. The second kappa shape index (κ2) is 9.59. The zero-order valence-corrected chi connectivity index (χ0v) is 17.6. The lowest BCUT2D eigenvalue weighted by molar-refractivity contribution is -0.117. The number of anilines is 3. The Morgan fingerprint density at radius 1 is 1.00 bits per heavy atom. The fraction of sp³-hybridized carbons (Fsp3) is 0.417. The van der Waals surface area contributed by atoms with Gasteiger partial charge in [0.05, 0.1) is 0 Å². The van der Waals surface area contributed by atoms with Crippen LogP contribution >= 0.6 is 0 Å². The fourth-order valence-corrected chi connectivity index (χ4v) is 3.68. The lowest BCUT2D eigenvalue weighted by Gasteiger charge is -2.23. The minimum absolute atomic E-state index is 0.0620. The molecule has 154 valence electrons. The van der Waals surface area contributed by atoms with Crippen LogP contribution in [-0.2, 0) is 9.59 Å². The second-order valence-electron chi connectivity index (χ2n) is 7.96. The highest BCUT2D eigenvalue weighted by atomic mass is 16.2. The highest BCUT2D eigenvalue weighted by Gasteiger charge is 2.16. The molecule has 0 unspecified atom stereocenters. The Hall–Kier alpha value is -2.82. The first kappa shape index (κ1) is 20.9. The molecule has 2 amide bonds. The van der Waals surface area contributed by atoms with E-state index < -0.39 is 0 Å². The number of hydrogen-bond donors (Lipinski definition) is 1. The van der Waals surface area contributed by atoms with E-state index in [1.807, 2.05) is 36.4 Å². The van der Waals surface area contributed by atoms with Gasteiger partial charge in [0.15, 0.2) is 0 Å². The molecule has 29 heavy (non-hydrogen) atoms. The predicted octanol–water partition coefficient (Wildman–Crippen LogP) is 4.79. The van der Waals surface area contributed by atoms with Crippen molar-refractivity contribution < 1.29 is 9.59 Å². The minimum Gasteiger partial charge on any atom is -0.372 e. The van der Waals surface area contributed by atoms with Crippen molar-refractivity contribution in [3.63, 3.8) is 0 Å². The SMILES string of the molecule is CC(=O)N(CCC(=O)Nc1ccc(C(C)C)cc1)c1ccc(N2CCCC2)cc1. The minimum atomic E-state index is -0.0952. The lowest BCUT2D eigenvalue weighted by Crippen LogP contribution is -2.32. The van der Waals surface area contributed by atoms with E-state index in [2.05, 4.69) is 36.2 Å². The van der Waals surface area contributed by atoms with Crippen LogP contribution in [0.1, 0.15) is 51.5 Å². The number of nitrogens with one attached hydrogen (secondary N) is 1. The van der Waals surface area contributed by atoms with E-state index >= 15 is 0 Å². The molecule has 1 saturated heterocycles. The van der Waals surface area contributed by atoms with Gasteiger partial charge >= 0.3 is 0 Å². The first-order valence-corrected chi connectivity index (χ1v) is 10.5. The van der Waals surface area contributed by atoms with Crippen molar-refractivity contribution in [2.24, 2.45) is 0 Å². The Balaban J connectivity index is 1.57. The summed E-state index contributed by atoms with van der Waals surface area (Å²) in [5.41, 5.74) is 4.04. The molecule has 0 spiro atoms. The largest absolute Gasteiger partial charge is 0.372 e. The van der Waals surface area contributed by atoms with Crippen LogP contribution in [-0.4, -0.2) is 31.4 Å². The number of benzene rings is 2. The van der Waals surface area contributed by atoms with Crippen LogP contribution in [0.3, 0.4) is 0 Å². The van der Waals surface area contributed by atoms with E-state index in [1.165, 1.54) is 31.0 Å². The third-order valence-electron chi connectivity index (χ3n) is 5.44. The van der Waals surface area contributed by atoms with Gasteiger partial charge in [0.1, 0.15) is 0 Å². The average Bonchev–Trinajstić information content (AvgIpc) is 3.23. The van der Waals surface area contributed by atoms with Gasteiger partial charge < -0.3 is 15.1 Å². The zero-order valence-electron chi connectivity index (χ0n) is 17.6. The van der Waals surface area contributed by atoms with Crippen molar-refractivity contribution in [3.8, 4) is 0 Å². The van der Waals surface area contributed by atoms with Gasteiger partial charge in [0.2, 0.25) is 11.8 Å². The van der Waals surface area contributed by atoms with Crippen molar-refractivity contribution in [3.05, 3.63) is 54.1 Å². The number of carbonyl (C=O) groups is 2. The van der Waals surface area contributed by atoms with Gasteiger partial charge in [-0.25, -0.2) is 0 Å². The van der Waals surface area contributed by atoms with Crippen LogP contribution in [0, 0.1) is 0 Å². The molecule has 1 heterocycles. The Morgan fingerprint density at radius 3 is 2.17 bits per heavy atom. The topological polar surface area (TPSA) is 52.7 Å². The summed E-state index contributed by atoms with van der Waals surface area (Å²) in [7, 11) is 0. The predicted molar refractivity (Wildman–Crippen MR) is 120 cm³/mol. The molecule has 0 aromatic heterocycles. The number of nitrogens with zero attached hydrogens (tertiary/aromatic N) is 2. The normalized spacial score (nSPS) is 13.6. The van der Waals surface area contributed by atoms with E-state index in [9.17, 15) is 9.59 Å². The van der Waals surface area contributed by atoms with Crippen LogP contribution in [0.15, 0.2) is 48.5 Å². The van der Waals surface area contributed by atoms with Crippen LogP contribution in [0.4, 0.5) is 17.1 Å². The van der Waals surface area contributed by atoms with Crippen molar-refractivity contribution in [1.82, 2.24) is 0 Å². The van der Waals surface area contributed by atoms with E-state index in [0.717, 1.165) is 24.5 Å². The number of amides is 2. The molecule has 5 heteroatoms. The van der Waals surface area contributed by atoms with Crippen LogP contribution in [0.25, 0.3) is 0 Å². The smallest absolute Gasteiger partial charge is 0.226 e. The molecule has 1 fully saturated rings. The third-order valence-corrected chi connectivity index (χ3v) is 5.44. The summed E-state index contributed by atoms with van der Waals surface area (Å²) in [5, 5.41) is 2.92. The van der Waals surface area contributed by atoms with E-state index in [4.69, 9.17) is 0 Å². The van der Waals surface area contributed by atoms with Crippen molar-refractivity contribution in [1.29, 1.82) is 0 Å². The van der Waals surface area contributed by atoms with E-state index in [0.29, 0.717) is 12.5 Å². The standard InChI is InChI=1S/C24H31N3O2/c1-18(2)20-6-8-21(9-7-20)25-24(29)14-17-27(19(3)28)23-12-10-22(11-13-23)26-15-4-5-16-26/h6-13,18H,4-5,14-17H2,1-3H3,(H,25,29). The highest BCUT2D eigenvalue weighted by molar-refractivity contribution is 5.94. The van der Waals surface area contributed by atoms with Crippen molar-refractivity contribution in [2.45, 2.75) is 46.0 Å². The Bertz CT molecular complexity index is 822. The van der Waals surface area contributed by atoms with Gasteiger partial charge in [-0.15, -0.1) is 0 Å². The van der Waals surface area contributed by atoms with E-state index in [1.54, 1.807) is 4.90 Å². The summed E-state index contributed by atoms with van der Waals surface area (Å²) in [6.07, 6.45) is 2.71. The van der Waals surface area contributed by atoms with Gasteiger partial charge in [0, 0.05) is 50.0 Å². The summed E-state index contributed by atoms with van der Waals surface area (Å²) in [6, 6.07) is 16.0. The van der Waals surface area contributed by atoms with Gasteiger partial charge in [-0.1, -0.05) is 26.0 Å². The lowest BCUT2D eigenvalue weighted by atomic mass is 10.0. The molecule has 2 aromatic carbocycles. The maximum Gasteiger partial charge on any atom is 0.226 e. The molecule has 0 radical (unpaired) electrons. The van der Waals surface area contributed by atoms with Gasteiger partial charge in [-0.3, -0.25) is 9.59 Å². The summed E-state index contributed by atoms with van der Waals surface area (Å²) >= 11 is 0. The molecule has 0 bridgehead atoms. The quantitative estimate of drug-likeness (QED) is 0.736. The molecule has 1 N–H and O–H groups in total. The number of carbonyl (C=O) groups excluding carboxylic acids is 2. The fourth-order valence-electron chi connectivity index (χ4n) is 3.68. The van der Waals surface area contributed by atoms with Crippen LogP contribution in [0.5, 0.6) is 0 Å². The first-order valence-electron chi connectivity index (χ1n) is 10.5. The third kappa shape index (κ3) is 5.59. The molecular formula is C24H31N3O2. The summed E-state index contributed by atoms with van der Waals surface area (Å²) < 4.78 is 0. The Labute approximate surface area is 173 Å². The van der Waals surface area contributed by atoms with Gasteiger partial charge in [-0.05, 0) is 60.7 Å². The Morgan fingerprint density at radius 2 is 1.62 bits per heavy atom. The van der Waals surface area contributed by atoms with Gasteiger partial charge in [0.25, 0.3) is 0 Å². The molecule has 0 atom stereocenters. The van der Waals surface area contributed by atoms with Crippen LogP contribution in [0.2, 0.25) is 0 Å². The molecule has 1 aliphatic rings. The molecule has 5 nitrogen and oxygen atoms in total. The maximum absolute atomic E-state index is 12.4. The first-order chi connectivity index (χ1) is 13.9. The van der Waals surface area contributed by atoms with E-state index in [-0.39, 0.29) is 18.2 Å².